The van der Waals surface area contributed by atoms with Crippen molar-refractivity contribution in [2.45, 2.75) is 58.5 Å². The Morgan fingerprint density at radius 2 is 1.61 bits per heavy atom. The second kappa shape index (κ2) is 24.7. The minimum Gasteiger partial charge on any atom is -0.790 e. The fraction of sp³-hybridized carbons (Fsp3) is 0.579. The summed E-state index contributed by atoms with van der Waals surface area (Å²) in [4.78, 5) is 44.5. The van der Waals surface area contributed by atoms with Crippen molar-refractivity contribution in [3.05, 3.63) is 0 Å². The quantitative estimate of drug-likeness (QED) is 0.0664. The molecule has 0 amide bonds. The van der Waals surface area contributed by atoms with Crippen LogP contribution in [0.5, 0.6) is 0 Å². The molecule has 0 unspecified atom stereocenters. The molecule has 0 aliphatic carbocycles. The van der Waals surface area contributed by atoms with E-state index >= 15 is 0 Å². The molecule has 0 saturated heterocycles. The Balaban J connectivity index is -0.000000130. The van der Waals surface area contributed by atoms with Gasteiger partial charge in [0.1, 0.15) is 6.61 Å². The first-order valence-corrected chi connectivity index (χ1v) is 10.2. The molecular weight excluding hydrogens is 465 g/mol. The number of rotatable bonds is 12. The van der Waals surface area contributed by atoms with Gasteiger partial charge in [-0.2, -0.15) is 13.5 Å². The van der Waals surface area contributed by atoms with Crippen LogP contribution in [0.2, 0.25) is 0 Å². The van der Waals surface area contributed by atoms with Crippen LogP contribution in [0.25, 0.3) is 0 Å². The molecule has 0 spiro atoms. The first kappa shape index (κ1) is 38.3. The van der Waals surface area contributed by atoms with Gasteiger partial charge in [-0.3, -0.25) is 4.79 Å². The number of ether oxygens (including phenoxy) is 2. The molecule has 0 aliphatic heterocycles. The molecule has 12 heteroatoms. The van der Waals surface area contributed by atoms with Gasteiger partial charge in [0.15, 0.2) is 6.10 Å². The summed E-state index contributed by atoms with van der Waals surface area (Å²) >= 11 is 0. The van der Waals surface area contributed by atoms with Gasteiger partial charge in [0, 0.05) is 19.5 Å². The number of esters is 2. The van der Waals surface area contributed by atoms with E-state index in [1.54, 1.807) is 6.92 Å². The zero-order chi connectivity index (χ0) is 21.3. The molecule has 8 nitrogen and oxygen atoms in total. The van der Waals surface area contributed by atoms with Crippen molar-refractivity contribution in [2.75, 3.05) is 13.2 Å². The maximum Gasteiger partial charge on any atom is 1.00 e. The Hall–Kier alpha value is 0.0800. The van der Waals surface area contributed by atoms with Gasteiger partial charge >= 0.3 is 71.1 Å². The maximum absolute atomic E-state index is 11.8. The molecule has 0 aromatic heterocycles. The van der Waals surface area contributed by atoms with Crippen molar-refractivity contribution in [3.63, 3.8) is 0 Å². The molecule has 0 aromatic rings. The predicted molar refractivity (Wildman–Crippen MR) is 118 cm³/mol. The van der Waals surface area contributed by atoms with E-state index in [-0.39, 0.29) is 86.2 Å². The van der Waals surface area contributed by atoms with Gasteiger partial charge in [-0.1, -0.05) is 38.5 Å². The fourth-order valence-electron chi connectivity index (χ4n) is 1.82. The molecule has 0 aromatic carbocycles. The predicted octanol–water partition coefficient (Wildman–Crippen LogP) is -3.97. The molecule has 0 heterocycles. The van der Waals surface area contributed by atoms with Crippen LogP contribution in [0, 0.1) is 35.5 Å². The van der Waals surface area contributed by atoms with E-state index in [0.29, 0.717) is 6.42 Å². The summed E-state index contributed by atoms with van der Waals surface area (Å²) < 4.78 is 24.5. The number of phosphoric ester groups is 1. The minimum atomic E-state index is -5.26. The average Bonchev–Trinajstić information content (AvgIpc) is 2.63. The van der Waals surface area contributed by atoms with Gasteiger partial charge in [-0.25, -0.2) is 4.79 Å². The molecule has 0 fully saturated rings. The Morgan fingerprint density at radius 1 is 1.00 bits per heavy atom. The summed E-state index contributed by atoms with van der Waals surface area (Å²) in [6.07, 6.45) is 3.47. The summed E-state index contributed by atoms with van der Waals surface area (Å²) in [6, 6.07) is 0. The molecule has 31 heavy (non-hydrogen) atoms. The van der Waals surface area contributed by atoms with Gasteiger partial charge in [-0.05, 0) is 37.0 Å². The second-order valence-electron chi connectivity index (χ2n) is 5.49. The molecule has 0 bridgehead atoms. The summed E-state index contributed by atoms with van der Waals surface area (Å²) in [5, 5.41) is 0. The molecule has 0 rings (SSSR count). The molecule has 0 aliphatic rings. The van der Waals surface area contributed by atoms with E-state index in [2.05, 4.69) is 47.0 Å². The Kier molecular flexibility index (Phi) is 30.6. The molecule has 172 valence electrons. The van der Waals surface area contributed by atoms with Crippen molar-refractivity contribution in [3.8, 4) is 35.5 Å². The van der Waals surface area contributed by atoms with Crippen molar-refractivity contribution in [1.29, 1.82) is 0 Å². The molecule has 0 N–H and O–H groups in total. The third kappa shape index (κ3) is 28.0. The van der Waals surface area contributed by atoms with Crippen LogP contribution in [0.3, 0.4) is 0 Å². The Bertz CT molecular complexity index is 758. The zero-order valence-electron chi connectivity index (χ0n) is 18.4. The smallest absolute Gasteiger partial charge is 0.790 e. The normalized spacial score (nSPS) is 9.81. The van der Waals surface area contributed by atoms with Crippen molar-refractivity contribution >= 4 is 33.3 Å². The van der Waals surface area contributed by atoms with E-state index < -0.39 is 39.1 Å². The van der Waals surface area contributed by atoms with Gasteiger partial charge in [0.2, 0.25) is 0 Å². The van der Waals surface area contributed by atoms with E-state index in [0.717, 1.165) is 25.7 Å². The number of carbonyl (C=O) groups is 2. The third-order valence-corrected chi connectivity index (χ3v) is 3.54. The number of hydrogen-bond donors (Lipinski definition) is 0. The summed E-state index contributed by atoms with van der Waals surface area (Å²) in [6.45, 7) is 2.39. The summed E-state index contributed by atoms with van der Waals surface area (Å²) in [5.41, 5.74) is 0. The van der Waals surface area contributed by atoms with E-state index in [9.17, 15) is 23.9 Å². The number of carbonyl (C=O) groups excluding carboxylic acids is 2. The average molecular weight is 501 g/mol. The van der Waals surface area contributed by atoms with Crippen LogP contribution in [0.15, 0.2) is 0 Å². The first-order valence-electron chi connectivity index (χ1n) is 8.74. The molecule has 0 radical (unpaired) electrons. The number of phosphoric acid groups is 1. The second-order valence-corrected chi connectivity index (χ2v) is 6.65. The van der Waals surface area contributed by atoms with Gasteiger partial charge in [-0.15, -0.1) is 0 Å². The molecular formula is C19H35Na2O8PS. The fourth-order valence-corrected chi connectivity index (χ4v) is 2.17. The van der Waals surface area contributed by atoms with E-state index in [1.165, 1.54) is 0 Å². The van der Waals surface area contributed by atoms with E-state index in [4.69, 9.17) is 9.47 Å². The van der Waals surface area contributed by atoms with E-state index in [1.807, 2.05) is 0 Å². The monoisotopic (exact) mass is 500 g/mol. The first-order chi connectivity index (χ1) is 13.3. The molecule has 0 saturated carbocycles. The number of hydrogen-bond acceptors (Lipinski definition) is 8. The summed E-state index contributed by atoms with van der Waals surface area (Å²) in [7, 11) is -5.26. The summed E-state index contributed by atoms with van der Waals surface area (Å²) in [5.74, 6) is 12.3. The molecule has 1 atom stereocenters. The maximum atomic E-state index is 11.8. The van der Waals surface area contributed by atoms with Crippen LogP contribution >= 0.6 is 21.3 Å². The topological polar surface area (TPSA) is 125 Å². The Labute approximate surface area is 243 Å². The zero-order valence-corrected chi connectivity index (χ0v) is 24.3. The largest absolute Gasteiger partial charge is 1.00 e. The minimum absolute atomic E-state index is 0. The van der Waals surface area contributed by atoms with Crippen LogP contribution in [-0.4, -0.2) is 31.3 Å². The van der Waals surface area contributed by atoms with Gasteiger partial charge in [0.05, 0.1) is 14.4 Å². The van der Waals surface area contributed by atoms with Crippen LogP contribution in [0.4, 0.5) is 0 Å². The standard InChI is InChI=1S/C19H25O8P.2Na.H2S.5H2/c1-3-5-7-9-11-13-18(20)25-15-17(16-26-28(22,23)24)27-19(21)14-12-10-8-6-4-2;;;;;;;;/h17H,4,6,8,10,12,14-16H2,1-2H3,(H2,22,23,24);;;1H2;5*1H/q;2*+1;;;;;;/p-2/t17-;;;;;;;;/m0......../s1. The number of unbranched alkanes of at least 4 members (excludes halogenated alkanes) is 4. The van der Waals surface area contributed by atoms with Crippen molar-refractivity contribution in [2.24, 2.45) is 0 Å². The van der Waals surface area contributed by atoms with Crippen molar-refractivity contribution in [1.82, 2.24) is 0 Å². The SMILES string of the molecule is CC#CC#CC#CC(=O)OC[C@@H](COP(=O)([O-])[O-])OC(=O)CCCCCCC.S.[HH].[HH].[HH].[HH].[HH].[Na+].[Na+]. The van der Waals surface area contributed by atoms with Crippen LogP contribution in [-0.2, 0) is 28.2 Å². The third-order valence-electron chi connectivity index (χ3n) is 3.08. The Morgan fingerprint density at radius 3 is 2.19 bits per heavy atom. The van der Waals surface area contributed by atoms with Gasteiger partial charge in [0.25, 0.3) is 0 Å². The van der Waals surface area contributed by atoms with Crippen LogP contribution < -0.4 is 68.9 Å². The van der Waals surface area contributed by atoms with Crippen molar-refractivity contribution < 1.29 is 104 Å². The van der Waals surface area contributed by atoms with Crippen LogP contribution in [0.1, 0.15) is 59.5 Å². The van der Waals surface area contributed by atoms with Gasteiger partial charge < -0.3 is 28.3 Å².